The molecule has 0 atom stereocenters. The quantitative estimate of drug-likeness (QED) is 0.629. The van der Waals surface area contributed by atoms with Crippen molar-refractivity contribution < 1.29 is 24.1 Å². The number of aryl methyl sites for hydroxylation is 1. The number of hydrogen-bond donors (Lipinski definition) is 1. The van der Waals surface area contributed by atoms with Crippen LogP contribution in [0.4, 0.5) is 5.69 Å². The van der Waals surface area contributed by atoms with Crippen LogP contribution in [-0.2, 0) is 6.54 Å². The van der Waals surface area contributed by atoms with E-state index in [4.69, 9.17) is 14.4 Å². The molecule has 0 fully saturated rings. The number of aromatic carboxylic acids is 1. The fraction of sp³-hybridized carbons (Fsp3) is 0.300. The van der Waals surface area contributed by atoms with Crippen molar-refractivity contribution in [3.63, 3.8) is 0 Å². The van der Waals surface area contributed by atoms with Crippen LogP contribution in [0, 0.1) is 17.0 Å². The van der Waals surface area contributed by atoms with Crippen molar-refractivity contribution in [2.45, 2.75) is 13.5 Å². The second-order valence-corrected chi connectivity index (χ2v) is 3.85. The number of aromatic nitrogens is 3. The van der Waals surface area contributed by atoms with Crippen LogP contribution in [0.3, 0.4) is 0 Å². The van der Waals surface area contributed by atoms with E-state index in [2.05, 4.69) is 10.3 Å². The molecule has 106 valence electrons. The fourth-order valence-corrected chi connectivity index (χ4v) is 1.65. The van der Waals surface area contributed by atoms with E-state index in [-0.39, 0.29) is 29.4 Å². The molecule has 2 rings (SSSR count). The number of methoxy groups -OCH3 is 1. The molecule has 2 heterocycles. The molecule has 2 aromatic heterocycles. The van der Waals surface area contributed by atoms with E-state index >= 15 is 0 Å². The number of hydrogen-bond acceptors (Lipinski definition) is 7. The lowest BCUT2D eigenvalue weighted by Gasteiger charge is -1.99. The van der Waals surface area contributed by atoms with Gasteiger partial charge < -0.3 is 14.4 Å². The van der Waals surface area contributed by atoms with Crippen molar-refractivity contribution in [1.82, 2.24) is 14.9 Å². The molecule has 0 aliphatic heterocycles. The molecule has 20 heavy (non-hydrogen) atoms. The number of ether oxygens (including phenoxy) is 1. The highest BCUT2D eigenvalue weighted by Gasteiger charge is 2.24. The standard InChI is InChI=1S/C10H10N4O6/c1-5-6(8(10(15)16)12-20-5)3-13-4-7(14(17)18)9(11-13)19-2/h4H,3H2,1-2H3,(H,15,16). The van der Waals surface area contributed by atoms with Crippen molar-refractivity contribution in [3.8, 4) is 5.88 Å². The minimum absolute atomic E-state index is 0.0266. The van der Waals surface area contributed by atoms with Crippen LogP contribution >= 0.6 is 0 Å². The van der Waals surface area contributed by atoms with E-state index < -0.39 is 10.9 Å². The van der Waals surface area contributed by atoms with Gasteiger partial charge in [0.2, 0.25) is 0 Å². The monoisotopic (exact) mass is 282 g/mol. The molecule has 2 aromatic rings. The Morgan fingerprint density at radius 2 is 2.35 bits per heavy atom. The van der Waals surface area contributed by atoms with Gasteiger partial charge in [0.1, 0.15) is 12.0 Å². The Morgan fingerprint density at radius 3 is 2.85 bits per heavy atom. The van der Waals surface area contributed by atoms with Gasteiger partial charge in [0.25, 0.3) is 0 Å². The van der Waals surface area contributed by atoms with Crippen LogP contribution in [-0.4, -0.2) is 38.0 Å². The lowest BCUT2D eigenvalue weighted by molar-refractivity contribution is -0.385. The van der Waals surface area contributed by atoms with Gasteiger partial charge in [-0.1, -0.05) is 5.16 Å². The highest BCUT2D eigenvalue weighted by Crippen LogP contribution is 2.25. The van der Waals surface area contributed by atoms with Gasteiger partial charge in [0, 0.05) is 0 Å². The normalized spacial score (nSPS) is 10.5. The van der Waals surface area contributed by atoms with Crippen molar-refractivity contribution in [3.05, 3.63) is 33.3 Å². The van der Waals surface area contributed by atoms with E-state index in [1.54, 1.807) is 6.92 Å². The van der Waals surface area contributed by atoms with Crippen molar-refractivity contribution in [1.29, 1.82) is 0 Å². The maximum absolute atomic E-state index is 11.0. The lowest BCUT2D eigenvalue weighted by Crippen LogP contribution is -2.07. The number of carboxylic acid groups (broad SMARTS) is 1. The maximum Gasteiger partial charge on any atom is 0.358 e. The molecule has 0 saturated heterocycles. The lowest BCUT2D eigenvalue weighted by atomic mass is 10.2. The molecule has 1 N–H and O–H groups in total. The third-order valence-corrected chi connectivity index (χ3v) is 2.61. The summed E-state index contributed by atoms with van der Waals surface area (Å²) in [7, 11) is 1.26. The van der Waals surface area contributed by atoms with Crippen molar-refractivity contribution in [2.24, 2.45) is 0 Å². The van der Waals surface area contributed by atoms with Gasteiger partial charge in [-0.2, -0.15) is 0 Å². The van der Waals surface area contributed by atoms with Crippen LogP contribution in [0.1, 0.15) is 21.8 Å². The van der Waals surface area contributed by atoms with E-state index in [1.165, 1.54) is 11.8 Å². The summed E-state index contributed by atoms with van der Waals surface area (Å²) in [5.74, 6) is -1.09. The largest absolute Gasteiger partial charge is 0.476 e. The third kappa shape index (κ3) is 2.30. The predicted octanol–water partition coefficient (Wildman–Crippen LogP) is 0.843. The molecular weight excluding hydrogens is 272 g/mol. The van der Waals surface area contributed by atoms with Crippen LogP contribution in [0.15, 0.2) is 10.7 Å². The van der Waals surface area contributed by atoms with E-state index in [1.807, 2.05) is 0 Å². The predicted molar refractivity (Wildman–Crippen MR) is 62.7 cm³/mol. The summed E-state index contributed by atoms with van der Waals surface area (Å²) >= 11 is 0. The molecule has 0 unspecified atom stereocenters. The van der Waals surface area contributed by atoms with Gasteiger partial charge in [-0.3, -0.25) is 14.8 Å². The summed E-state index contributed by atoms with van der Waals surface area (Å²) in [5.41, 5.74) is -0.268. The summed E-state index contributed by atoms with van der Waals surface area (Å²) in [4.78, 5) is 21.1. The third-order valence-electron chi connectivity index (χ3n) is 2.61. The summed E-state index contributed by atoms with van der Waals surface area (Å²) in [6.07, 6.45) is 1.15. The molecule has 10 heteroatoms. The molecular formula is C10H10N4O6. The van der Waals surface area contributed by atoms with Crippen molar-refractivity contribution in [2.75, 3.05) is 7.11 Å². The van der Waals surface area contributed by atoms with Gasteiger partial charge in [-0.15, -0.1) is 5.10 Å². The smallest absolute Gasteiger partial charge is 0.358 e. The van der Waals surface area contributed by atoms with Crippen LogP contribution in [0.2, 0.25) is 0 Å². The Kier molecular flexibility index (Phi) is 3.37. The minimum Gasteiger partial charge on any atom is -0.476 e. The van der Waals surface area contributed by atoms with Crippen LogP contribution in [0.25, 0.3) is 0 Å². The first-order valence-electron chi connectivity index (χ1n) is 5.38. The topological polar surface area (TPSA) is 134 Å². The van der Waals surface area contributed by atoms with E-state index in [0.717, 1.165) is 6.20 Å². The number of nitrogens with zero attached hydrogens (tertiary/aromatic N) is 4. The molecule has 10 nitrogen and oxygen atoms in total. The number of carboxylic acids is 1. The average Bonchev–Trinajstić information content (AvgIpc) is 2.95. The highest BCUT2D eigenvalue weighted by molar-refractivity contribution is 5.87. The SMILES string of the molecule is COc1nn(Cc2c(C(=O)O)noc2C)cc1[N+](=O)[O-]. The zero-order valence-corrected chi connectivity index (χ0v) is 10.6. The minimum atomic E-state index is -1.24. The van der Waals surface area contributed by atoms with Gasteiger partial charge in [-0.25, -0.2) is 4.79 Å². The van der Waals surface area contributed by atoms with Gasteiger partial charge in [0.05, 0.1) is 24.1 Å². The Morgan fingerprint density at radius 1 is 1.65 bits per heavy atom. The summed E-state index contributed by atoms with van der Waals surface area (Å²) in [5, 5.41) is 27.0. The first kappa shape index (κ1) is 13.5. The first-order chi connectivity index (χ1) is 9.43. The molecule has 0 bridgehead atoms. The molecule has 0 radical (unpaired) electrons. The zero-order valence-electron chi connectivity index (χ0n) is 10.6. The molecule has 0 aromatic carbocycles. The summed E-state index contributed by atoms with van der Waals surface area (Å²) in [6, 6.07) is 0. The van der Waals surface area contributed by atoms with Crippen LogP contribution in [0.5, 0.6) is 5.88 Å². The molecule has 0 aliphatic carbocycles. The average molecular weight is 282 g/mol. The van der Waals surface area contributed by atoms with E-state index in [0.29, 0.717) is 5.76 Å². The molecule has 0 saturated carbocycles. The second-order valence-electron chi connectivity index (χ2n) is 3.85. The Bertz CT molecular complexity index is 673. The molecule has 0 spiro atoms. The van der Waals surface area contributed by atoms with E-state index in [9.17, 15) is 14.9 Å². The Labute approximate surface area is 111 Å². The van der Waals surface area contributed by atoms with Gasteiger partial charge >= 0.3 is 17.5 Å². The molecule has 0 amide bonds. The number of rotatable bonds is 5. The van der Waals surface area contributed by atoms with Crippen molar-refractivity contribution >= 4 is 11.7 Å². The second kappa shape index (κ2) is 4.99. The number of carbonyl (C=O) groups is 1. The fourth-order valence-electron chi connectivity index (χ4n) is 1.65. The summed E-state index contributed by atoms with van der Waals surface area (Å²) in [6.45, 7) is 1.52. The van der Waals surface area contributed by atoms with Gasteiger partial charge in [-0.05, 0) is 6.92 Å². The number of nitro groups is 1. The first-order valence-corrected chi connectivity index (χ1v) is 5.38. The zero-order chi connectivity index (χ0) is 14.9. The van der Waals surface area contributed by atoms with Crippen LogP contribution < -0.4 is 4.74 Å². The summed E-state index contributed by atoms with van der Waals surface area (Å²) < 4.78 is 10.8. The Hall–Kier alpha value is -2.91. The van der Waals surface area contributed by atoms with Gasteiger partial charge in [0.15, 0.2) is 5.69 Å². The Balaban J connectivity index is 2.38. The maximum atomic E-state index is 11.0. The molecule has 0 aliphatic rings. The highest BCUT2D eigenvalue weighted by atomic mass is 16.6.